The molecule has 2 amide bonds. The standard InChI is InChI=1S/C18H18N2O5/c1-10-4-5-13-14(8-10)18(23)20(17(13)22)7-6-16(21)24-9-15-11(2)19-25-12(15)3/h4-5,8H,6-7,9H2,1-3H3. The van der Waals surface area contributed by atoms with E-state index in [1.54, 1.807) is 32.0 Å². The first kappa shape index (κ1) is 16.9. The van der Waals surface area contributed by atoms with Gasteiger partial charge in [-0.2, -0.15) is 0 Å². The second-order valence-electron chi connectivity index (χ2n) is 6.02. The number of rotatable bonds is 5. The molecule has 3 rings (SSSR count). The molecular formula is C18H18N2O5. The Kier molecular flexibility index (Phi) is 4.39. The van der Waals surface area contributed by atoms with Gasteiger partial charge in [-0.1, -0.05) is 16.8 Å². The molecule has 25 heavy (non-hydrogen) atoms. The van der Waals surface area contributed by atoms with Gasteiger partial charge in [0.25, 0.3) is 11.8 Å². The van der Waals surface area contributed by atoms with Gasteiger partial charge in [0, 0.05) is 6.54 Å². The zero-order chi connectivity index (χ0) is 18.1. The van der Waals surface area contributed by atoms with Gasteiger partial charge in [-0.05, 0) is 32.9 Å². The highest BCUT2D eigenvalue weighted by Crippen LogP contribution is 2.24. The summed E-state index contributed by atoms with van der Waals surface area (Å²) in [7, 11) is 0. The first-order valence-corrected chi connectivity index (χ1v) is 7.92. The maximum absolute atomic E-state index is 12.3. The normalized spacial score (nSPS) is 13.3. The number of aryl methyl sites for hydroxylation is 3. The Morgan fingerprint density at radius 2 is 1.88 bits per heavy atom. The summed E-state index contributed by atoms with van der Waals surface area (Å²) in [4.78, 5) is 37.7. The molecule has 0 unspecified atom stereocenters. The van der Waals surface area contributed by atoms with Crippen molar-refractivity contribution in [2.75, 3.05) is 6.54 Å². The van der Waals surface area contributed by atoms with Gasteiger partial charge in [-0.3, -0.25) is 19.3 Å². The number of benzene rings is 1. The molecule has 0 saturated heterocycles. The number of imide groups is 1. The predicted octanol–water partition coefficient (Wildman–Crippen LogP) is 2.33. The van der Waals surface area contributed by atoms with Crippen LogP contribution in [-0.4, -0.2) is 34.4 Å². The van der Waals surface area contributed by atoms with E-state index in [9.17, 15) is 14.4 Å². The second-order valence-corrected chi connectivity index (χ2v) is 6.02. The maximum Gasteiger partial charge on any atom is 0.307 e. The van der Waals surface area contributed by atoms with Crippen LogP contribution in [0.3, 0.4) is 0 Å². The first-order chi connectivity index (χ1) is 11.9. The van der Waals surface area contributed by atoms with Crippen molar-refractivity contribution in [3.63, 3.8) is 0 Å². The number of esters is 1. The molecule has 1 aliphatic rings. The van der Waals surface area contributed by atoms with Crippen molar-refractivity contribution < 1.29 is 23.6 Å². The number of fused-ring (bicyclic) bond motifs is 1. The van der Waals surface area contributed by atoms with Crippen LogP contribution in [0.4, 0.5) is 0 Å². The SMILES string of the molecule is Cc1ccc2c(c1)C(=O)N(CCC(=O)OCc1c(C)noc1C)C2=O. The first-order valence-electron chi connectivity index (χ1n) is 7.92. The molecule has 0 saturated carbocycles. The highest BCUT2D eigenvalue weighted by Gasteiger charge is 2.35. The van der Waals surface area contributed by atoms with Gasteiger partial charge < -0.3 is 9.26 Å². The number of amides is 2. The van der Waals surface area contributed by atoms with Crippen LogP contribution < -0.4 is 0 Å². The molecule has 0 spiro atoms. The second kappa shape index (κ2) is 6.51. The van der Waals surface area contributed by atoms with E-state index in [0.717, 1.165) is 16.0 Å². The molecule has 0 radical (unpaired) electrons. The lowest BCUT2D eigenvalue weighted by Gasteiger charge is -2.13. The molecule has 1 aromatic heterocycles. The monoisotopic (exact) mass is 342 g/mol. The third-order valence-corrected chi connectivity index (χ3v) is 4.22. The Bertz CT molecular complexity index is 849. The quantitative estimate of drug-likeness (QED) is 0.612. The summed E-state index contributed by atoms with van der Waals surface area (Å²) in [5.41, 5.74) is 3.06. The topological polar surface area (TPSA) is 89.7 Å². The van der Waals surface area contributed by atoms with E-state index in [-0.39, 0.29) is 31.4 Å². The van der Waals surface area contributed by atoms with Gasteiger partial charge in [0.15, 0.2) is 0 Å². The van der Waals surface area contributed by atoms with Gasteiger partial charge in [-0.25, -0.2) is 0 Å². The lowest BCUT2D eigenvalue weighted by atomic mass is 10.1. The minimum Gasteiger partial charge on any atom is -0.461 e. The minimum atomic E-state index is -0.493. The van der Waals surface area contributed by atoms with Gasteiger partial charge >= 0.3 is 5.97 Å². The minimum absolute atomic E-state index is 0.00811. The van der Waals surface area contributed by atoms with Crippen molar-refractivity contribution in [2.45, 2.75) is 33.8 Å². The summed E-state index contributed by atoms with van der Waals surface area (Å²) < 4.78 is 10.2. The average molecular weight is 342 g/mol. The van der Waals surface area contributed by atoms with Crippen molar-refractivity contribution in [1.82, 2.24) is 10.1 Å². The molecule has 0 bridgehead atoms. The predicted molar refractivity (Wildman–Crippen MR) is 86.9 cm³/mol. The Hall–Kier alpha value is -2.96. The molecule has 0 aliphatic carbocycles. The Balaban J connectivity index is 1.58. The number of aromatic nitrogens is 1. The van der Waals surface area contributed by atoms with E-state index in [0.29, 0.717) is 22.6 Å². The molecule has 7 nitrogen and oxygen atoms in total. The van der Waals surface area contributed by atoms with Crippen LogP contribution >= 0.6 is 0 Å². The summed E-state index contributed by atoms with van der Waals surface area (Å²) in [6.07, 6.45) is -0.0617. The number of carbonyl (C=O) groups excluding carboxylic acids is 3. The largest absolute Gasteiger partial charge is 0.461 e. The number of nitrogens with zero attached hydrogens (tertiary/aromatic N) is 2. The fourth-order valence-electron chi connectivity index (χ4n) is 2.74. The Morgan fingerprint density at radius 1 is 1.16 bits per heavy atom. The van der Waals surface area contributed by atoms with Gasteiger partial charge in [-0.15, -0.1) is 0 Å². The number of hydrogen-bond donors (Lipinski definition) is 0. The van der Waals surface area contributed by atoms with Gasteiger partial charge in [0.1, 0.15) is 12.4 Å². The number of ether oxygens (including phenoxy) is 1. The Labute approximate surface area is 144 Å². The fourth-order valence-corrected chi connectivity index (χ4v) is 2.74. The summed E-state index contributed by atoms with van der Waals surface area (Å²) in [6.45, 7) is 5.41. The third-order valence-electron chi connectivity index (χ3n) is 4.22. The molecule has 130 valence electrons. The summed E-state index contributed by atoms with van der Waals surface area (Å²) in [5, 5.41) is 3.79. The van der Waals surface area contributed by atoms with Crippen LogP contribution in [0.1, 0.15) is 49.7 Å². The van der Waals surface area contributed by atoms with Crippen molar-refractivity contribution >= 4 is 17.8 Å². The zero-order valence-corrected chi connectivity index (χ0v) is 14.3. The summed E-state index contributed by atoms with van der Waals surface area (Å²) in [6, 6.07) is 5.11. The van der Waals surface area contributed by atoms with Crippen molar-refractivity contribution in [2.24, 2.45) is 0 Å². The van der Waals surface area contributed by atoms with Crippen molar-refractivity contribution in [1.29, 1.82) is 0 Å². The molecule has 0 fully saturated rings. The van der Waals surface area contributed by atoms with Crippen molar-refractivity contribution in [3.05, 3.63) is 51.9 Å². The fraction of sp³-hybridized carbons (Fsp3) is 0.333. The number of hydrogen-bond acceptors (Lipinski definition) is 6. The summed E-state index contributed by atoms with van der Waals surface area (Å²) >= 11 is 0. The highest BCUT2D eigenvalue weighted by atomic mass is 16.5. The lowest BCUT2D eigenvalue weighted by molar-refractivity contribution is -0.145. The molecule has 0 N–H and O–H groups in total. The van der Waals surface area contributed by atoms with E-state index in [1.165, 1.54) is 0 Å². The van der Waals surface area contributed by atoms with Gasteiger partial charge in [0.2, 0.25) is 0 Å². The van der Waals surface area contributed by atoms with Crippen LogP contribution in [0, 0.1) is 20.8 Å². The van der Waals surface area contributed by atoms with E-state index in [1.807, 2.05) is 6.92 Å². The molecule has 0 atom stereocenters. The van der Waals surface area contributed by atoms with E-state index in [4.69, 9.17) is 9.26 Å². The molecular weight excluding hydrogens is 324 g/mol. The lowest BCUT2D eigenvalue weighted by Crippen LogP contribution is -2.32. The average Bonchev–Trinajstić information content (AvgIpc) is 3.01. The molecule has 1 aliphatic heterocycles. The van der Waals surface area contributed by atoms with Crippen LogP contribution in [-0.2, 0) is 16.1 Å². The molecule has 1 aromatic carbocycles. The number of carbonyl (C=O) groups is 3. The Morgan fingerprint density at radius 3 is 2.56 bits per heavy atom. The maximum atomic E-state index is 12.3. The molecule has 7 heteroatoms. The van der Waals surface area contributed by atoms with E-state index >= 15 is 0 Å². The highest BCUT2D eigenvalue weighted by molar-refractivity contribution is 6.21. The van der Waals surface area contributed by atoms with Crippen LogP contribution in [0.25, 0.3) is 0 Å². The smallest absolute Gasteiger partial charge is 0.307 e. The van der Waals surface area contributed by atoms with E-state index in [2.05, 4.69) is 5.16 Å². The van der Waals surface area contributed by atoms with Crippen LogP contribution in [0.15, 0.2) is 22.7 Å². The third kappa shape index (κ3) is 3.17. The zero-order valence-electron chi connectivity index (χ0n) is 14.3. The van der Waals surface area contributed by atoms with Crippen LogP contribution in [0.5, 0.6) is 0 Å². The van der Waals surface area contributed by atoms with Gasteiger partial charge in [0.05, 0.1) is 28.8 Å². The van der Waals surface area contributed by atoms with E-state index < -0.39 is 5.97 Å². The molecule has 2 aromatic rings. The van der Waals surface area contributed by atoms with Crippen molar-refractivity contribution in [3.8, 4) is 0 Å². The summed E-state index contributed by atoms with van der Waals surface area (Å²) in [5.74, 6) is -0.644. The van der Waals surface area contributed by atoms with Crippen LogP contribution in [0.2, 0.25) is 0 Å². The molecule has 2 heterocycles.